The number of ether oxygens (including phenoxy) is 1. The highest BCUT2D eigenvalue weighted by Gasteiger charge is 2.25. The molecule has 0 aromatic heterocycles. The van der Waals surface area contributed by atoms with E-state index in [1.54, 1.807) is 0 Å². The Bertz CT molecular complexity index is 702. The minimum Gasteiger partial charge on any atom is -0.448 e. The molecule has 0 unspecified atom stereocenters. The predicted octanol–water partition coefficient (Wildman–Crippen LogP) is 0.210. The number of nitrogens with zero attached hydrogens (tertiary/aromatic N) is 1. The maximum Gasteiger partial charge on any atom is 0.355 e. The summed E-state index contributed by atoms with van der Waals surface area (Å²) in [6.45, 7) is 1.59. The summed E-state index contributed by atoms with van der Waals surface area (Å²) in [5.41, 5.74) is 3.06. The van der Waals surface area contributed by atoms with Gasteiger partial charge in [0.15, 0.2) is 6.10 Å². The van der Waals surface area contributed by atoms with Gasteiger partial charge in [-0.25, -0.2) is 15.0 Å². The Hall–Kier alpha value is -3.23. The molecule has 0 spiro atoms. The van der Waals surface area contributed by atoms with Gasteiger partial charge in [-0.15, -0.1) is 0 Å². The van der Waals surface area contributed by atoms with E-state index in [-0.39, 0.29) is 31.0 Å². The Balaban J connectivity index is 1.76. The summed E-state index contributed by atoms with van der Waals surface area (Å²) < 4.78 is 4.94. The van der Waals surface area contributed by atoms with Crippen LogP contribution < -0.4 is 16.1 Å². The Labute approximate surface area is 143 Å². The summed E-state index contributed by atoms with van der Waals surface area (Å²) in [5.74, 6) is -1.87. The molecular weight excluding hydrogens is 328 g/mol. The first kappa shape index (κ1) is 18.1. The Kier molecular flexibility index (Phi) is 6.21. The second-order valence-electron chi connectivity index (χ2n) is 5.30. The number of rotatable bonds is 5. The van der Waals surface area contributed by atoms with Gasteiger partial charge in [0.05, 0.1) is 0 Å². The average molecular weight is 346 g/mol. The van der Waals surface area contributed by atoms with Crippen molar-refractivity contribution in [3.8, 4) is 0 Å². The molecular formula is C16H18N4O5. The van der Waals surface area contributed by atoms with Crippen LogP contribution in [0.1, 0.15) is 25.3 Å². The van der Waals surface area contributed by atoms with Crippen LogP contribution >= 0.6 is 0 Å². The second kappa shape index (κ2) is 8.57. The predicted molar refractivity (Wildman–Crippen MR) is 87.2 cm³/mol. The van der Waals surface area contributed by atoms with E-state index in [0.29, 0.717) is 0 Å². The molecule has 1 aromatic rings. The van der Waals surface area contributed by atoms with E-state index in [0.717, 1.165) is 5.56 Å². The van der Waals surface area contributed by atoms with Crippen molar-refractivity contribution < 1.29 is 23.9 Å². The number of carbonyl (C=O) groups excluding carboxylic acids is 4. The first-order valence-electron chi connectivity index (χ1n) is 7.64. The number of hydrogen-bond acceptors (Lipinski definition) is 6. The van der Waals surface area contributed by atoms with Crippen molar-refractivity contribution in [3.05, 3.63) is 35.9 Å². The Morgan fingerprint density at radius 1 is 1.24 bits per heavy atom. The van der Waals surface area contributed by atoms with Crippen molar-refractivity contribution in [2.45, 2.75) is 32.4 Å². The third-order valence-corrected chi connectivity index (χ3v) is 3.33. The van der Waals surface area contributed by atoms with E-state index >= 15 is 0 Å². The highest BCUT2D eigenvalue weighted by atomic mass is 16.5. The molecule has 0 saturated heterocycles. The number of benzene rings is 1. The Morgan fingerprint density at radius 2 is 1.96 bits per heavy atom. The van der Waals surface area contributed by atoms with Gasteiger partial charge in [0.1, 0.15) is 5.71 Å². The maximum atomic E-state index is 11.9. The van der Waals surface area contributed by atoms with Crippen molar-refractivity contribution in [1.29, 1.82) is 0 Å². The molecule has 3 N–H and O–H groups in total. The van der Waals surface area contributed by atoms with Gasteiger partial charge in [-0.3, -0.25) is 14.9 Å². The molecule has 0 aliphatic carbocycles. The second-order valence-corrected chi connectivity index (χ2v) is 5.30. The molecule has 0 bridgehead atoms. The van der Waals surface area contributed by atoms with E-state index in [9.17, 15) is 19.2 Å². The number of nitrogens with one attached hydrogen (secondary N) is 3. The van der Waals surface area contributed by atoms with Gasteiger partial charge >= 0.3 is 12.0 Å². The molecule has 1 aliphatic heterocycles. The summed E-state index contributed by atoms with van der Waals surface area (Å²) >= 11 is 0. The van der Waals surface area contributed by atoms with E-state index in [1.807, 2.05) is 30.3 Å². The molecule has 0 fully saturated rings. The van der Waals surface area contributed by atoms with Gasteiger partial charge in [-0.2, -0.15) is 5.10 Å². The van der Waals surface area contributed by atoms with Crippen LogP contribution in [0.2, 0.25) is 0 Å². The molecule has 1 heterocycles. The van der Waals surface area contributed by atoms with Crippen LogP contribution in [0.3, 0.4) is 0 Å². The van der Waals surface area contributed by atoms with Crippen molar-refractivity contribution >= 4 is 29.5 Å². The van der Waals surface area contributed by atoms with Gasteiger partial charge in [-0.05, 0) is 12.5 Å². The van der Waals surface area contributed by atoms with E-state index in [2.05, 4.69) is 21.2 Å². The quantitative estimate of drug-likeness (QED) is 0.657. The van der Waals surface area contributed by atoms with E-state index in [4.69, 9.17) is 4.74 Å². The first-order valence-corrected chi connectivity index (χ1v) is 7.64. The number of amides is 4. The topological polar surface area (TPSA) is 126 Å². The fourth-order valence-corrected chi connectivity index (χ4v) is 1.94. The molecule has 132 valence electrons. The zero-order valence-electron chi connectivity index (χ0n) is 13.6. The van der Waals surface area contributed by atoms with E-state index in [1.165, 1.54) is 6.92 Å². The summed E-state index contributed by atoms with van der Waals surface area (Å²) in [5, 5.41) is 8.19. The normalized spacial score (nSPS) is 14.6. The highest BCUT2D eigenvalue weighted by molar-refractivity contribution is 6.37. The average Bonchev–Trinajstić information content (AvgIpc) is 2.61. The van der Waals surface area contributed by atoms with E-state index < -0.39 is 24.0 Å². The summed E-state index contributed by atoms with van der Waals surface area (Å²) in [6.07, 6.45) is -0.928. The molecule has 9 nitrogen and oxygen atoms in total. The lowest BCUT2D eigenvalue weighted by Crippen LogP contribution is -2.45. The molecule has 25 heavy (non-hydrogen) atoms. The fraction of sp³-hybridized carbons (Fsp3) is 0.312. The zero-order chi connectivity index (χ0) is 18.2. The van der Waals surface area contributed by atoms with Gasteiger partial charge in [0, 0.05) is 19.4 Å². The lowest BCUT2D eigenvalue weighted by Gasteiger charge is -2.15. The third-order valence-electron chi connectivity index (χ3n) is 3.33. The monoisotopic (exact) mass is 346 g/mol. The molecule has 1 aromatic carbocycles. The van der Waals surface area contributed by atoms with Crippen LogP contribution in [0.4, 0.5) is 4.79 Å². The smallest absolute Gasteiger partial charge is 0.355 e. The van der Waals surface area contributed by atoms with Crippen LogP contribution in [0.5, 0.6) is 0 Å². The number of carbonyl (C=O) groups is 4. The maximum absolute atomic E-state index is 11.9. The van der Waals surface area contributed by atoms with Crippen molar-refractivity contribution in [2.75, 3.05) is 0 Å². The largest absolute Gasteiger partial charge is 0.448 e. The fourth-order valence-electron chi connectivity index (χ4n) is 1.94. The lowest BCUT2D eigenvalue weighted by atomic mass is 10.2. The lowest BCUT2D eigenvalue weighted by molar-refractivity contribution is -0.148. The Morgan fingerprint density at radius 3 is 2.60 bits per heavy atom. The molecule has 1 atom stereocenters. The van der Waals surface area contributed by atoms with Crippen LogP contribution in [0, 0.1) is 0 Å². The number of imide groups is 1. The number of esters is 1. The van der Waals surface area contributed by atoms with Crippen molar-refractivity contribution in [2.24, 2.45) is 5.10 Å². The molecule has 9 heteroatoms. The van der Waals surface area contributed by atoms with Gasteiger partial charge in [-0.1, -0.05) is 30.3 Å². The highest BCUT2D eigenvalue weighted by Crippen LogP contribution is 2.03. The van der Waals surface area contributed by atoms with Crippen LogP contribution in [-0.2, 0) is 25.7 Å². The summed E-state index contributed by atoms with van der Waals surface area (Å²) in [4.78, 5) is 46.4. The molecule has 4 amide bonds. The minimum atomic E-state index is -1.18. The van der Waals surface area contributed by atoms with Crippen molar-refractivity contribution in [3.63, 3.8) is 0 Å². The summed E-state index contributed by atoms with van der Waals surface area (Å²) in [7, 11) is 0. The minimum absolute atomic E-state index is 0.0211. The van der Waals surface area contributed by atoms with Gasteiger partial charge in [0.25, 0.3) is 5.91 Å². The van der Waals surface area contributed by atoms with Gasteiger partial charge < -0.3 is 10.1 Å². The first-order chi connectivity index (χ1) is 12.0. The standard InChI is InChI=1S/C16H18N4O5/c1-10(25-15(23)12-7-8-13(21)20-19-12)14(22)18-16(24)17-9-11-5-3-2-4-6-11/h2-6,10H,7-9H2,1H3,(H,20,21)(H2,17,18,22,24)/t10-/m1/s1. The zero-order valence-corrected chi connectivity index (χ0v) is 13.6. The van der Waals surface area contributed by atoms with Crippen molar-refractivity contribution in [1.82, 2.24) is 16.1 Å². The number of hydrazone groups is 1. The SMILES string of the molecule is C[C@@H](OC(=O)C1=NNC(=O)CC1)C(=O)NC(=O)NCc1ccccc1. The molecule has 0 radical (unpaired) electrons. The number of hydrogen-bond donors (Lipinski definition) is 3. The third kappa shape index (κ3) is 5.72. The molecule has 2 rings (SSSR count). The molecule has 1 aliphatic rings. The molecule has 0 saturated carbocycles. The van der Waals surface area contributed by atoms with Crippen LogP contribution in [0.15, 0.2) is 35.4 Å². The van der Waals surface area contributed by atoms with Crippen LogP contribution in [-0.4, -0.2) is 35.6 Å². The summed E-state index contributed by atoms with van der Waals surface area (Å²) in [6, 6.07) is 8.48. The van der Waals surface area contributed by atoms with Gasteiger partial charge in [0.2, 0.25) is 5.91 Å². The van der Waals surface area contributed by atoms with Crippen LogP contribution in [0.25, 0.3) is 0 Å². The number of urea groups is 1.